The van der Waals surface area contributed by atoms with E-state index in [1.807, 2.05) is 36.1 Å². The topological polar surface area (TPSA) is 44.8 Å². The van der Waals surface area contributed by atoms with Crippen molar-refractivity contribution in [3.8, 4) is 5.75 Å². The maximum absolute atomic E-state index is 12.6. The van der Waals surface area contributed by atoms with E-state index < -0.39 is 0 Å². The number of para-hydroxylation sites is 2. The highest BCUT2D eigenvalue weighted by Gasteiger charge is 2.22. The van der Waals surface area contributed by atoms with Gasteiger partial charge in [-0.25, -0.2) is 4.79 Å². The van der Waals surface area contributed by atoms with E-state index in [1.165, 1.54) is 11.1 Å². The number of benzene rings is 2. The van der Waals surface area contributed by atoms with Crippen LogP contribution in [0.5, 0.6) is 5.75 Å². The zero-order valence-electron chi connectivity index (χ0n) is 15.6. The molecule has 0 aliphatic carbocycles. The fraction of sp³-hybridized carbons (Fsp3) is 0.381. The predicted octanol–water partition coefficient (Wildman–Crippen LogP) is 3.74. The van der Waals surface area contributed by atoms with Crippen molar-refractivity contribution in [2.24, 2.45) is 0 Å². The Morgan fingerprint density at radius 3 is 2.46 bits per heavy atom. The molecule has 0 atom stereocenters. The standard InChI is InChI=1S/C21H27N3O2/c1-3-26-20-11-7-6-10-19(20)22-21(25)24-14-12-23(13-15-24)16-18-9-5-4-8-17(18)2/h4-11H,3,12-16H2,1-2H3,(H,22,25). The number of hydrogen-bond acceptors (Lipinski definition) is 3. The van der Waals surface area contributed by atoms with Gasteiger partial charge in [0.05, 0.1) is 12.3 Å². The number of hydrogen-bond donors (Lipinski definition) is 1. The Kier molecular flexibility index (Phi) is 6.12. The first-order chi connectivity index (χ1) is 12.7. The van der Waals surface area contributed by atoms with Gasteiger partial charge in [0, 0.05) is 32.7 Å². The minimum absolute atomic E-state index is 0.0623. The van der Waals surface area contributed by atoms with Gasteiger partial charge in [-0.05, 0) is 37.1 Å². The normalized spacial score (nSPS) is 14.9. The first kappa shape index (κ1) is 18.3. The summed E-state index contributed by atoms with van der Waals surface area (Å²) in [5.74, 6) is 0.710. The molecular formula is C21H27N3O2. The Bertz CT molecular complexity index is 740. The Hall–Kier alpha value is -2.53. The van der Waals surface area contributed by atoms with Crippen LogP contribution in [0.3, 0.4) is 0 Å². The van der Waals surface area contributed by atoms with E-state index in [4.69, 9.17) is 4.74 Å². The number of rotatable bonds is 5. The van der Waals surface area contributed by atoms with Crippen molar-refractivity contribution >= 4 is 11.7 Å². The fourth-order valence-electron chi connectivity index (χ4n) is 3.18. The maximum Gasteiger partial charge on any atom is 0.322 e. The van der Waals surface area contributed by atoms with Crippen LogP contribution in [-0.2, 0) is 6.54 Å². The second kappa shape index (κ2) is 8.72. The highest BCUT2D eigenvalue weighted by molar-refractivity contribution is 5.91. The van der Waals surface area contributed by atoms with E-state index in [0.717, 1.165) is 38.4 Å². The van der Waals surface area contributed by atoms with Gasteiger partial charge in [0.2, 0.25) is 0 Å². The second-order valence-corrected chi connectivity index (χ2v) is 6.55. The highest BCUT2D eigenvalue weighted by atomic mass is 16.5. The number of urea groups is 1. The lowest BCUT2D eigenvalue weighted by Gasteiger charge is -2.35. The van der Waals surface area contributed by atoms with E-state index in [9.17, 15) is 4.79 Å². The summed E-state index contributed by atoms with van der Waals surface area (Å²) in [6, 6.07) is 16.0. The third-order valence-corrected chi connectivity index (χ3v) is 4.74. The van der Waals surface area contributed by atoms with E-state index in [2.05, 4.69) is 41.4 Å². The molecule has 0 aromatic heterocycles. The molecular weight excluding hydrogens is 326 g/mol. The van der Waals surface area contributed by atoms with E-state index >= 15 is 0 Å². The quantitative estimate of drug-likeness (QED) is 0.890. The van der Waals surface area contributed by atoms with Crippen molar-refractivity contribution in [3.05, 3.63) is 59.7 Å². The third kappa shape index (κ3) is 4.55. The molecule has 5 heteroatoms. The average Bonchev–Trinajstić information content (AvgIpc) is 2.66. The van der Waals surface area contributed by atoms with Crippen LogP contribution in [0.25, 0.3) is 0 Å². The van der Waals surface area contributed by atoms with Crippen LogP contribution in [0.4, 0.5) is 10.5 Å². The van der Waals surface area contributed by atoms with Gasteiger partial charge in [0.15, 0.2) is 0 Å². The number of nitrogens with zero attached hydrogens (tertiary/aromatic N) is 2. The van der Waals surface area contributed by atoms with Gasteiger partial charge in [-0.3, -0.25) is 4.90 Å². The molecule has 1 N–H and O–H groups in total. The van der Waals surface area contributed by atoms with E-state index in [1.54, 1.807) is 0 Å². The van der Waals surface area contributed by atoms with Crippen molar-refractivity contribution in [2.45, 2.75) is 20.4 Å². The van der Waals surface area contributed by atoms with Gasteiger partial charge in [0.25, 0.3) is 0 Å². The predicted molar refractivity (Wildman–Crippen MR) is 105 cm³/mol. The van der Waals surface area contributed by atoms with Crippen LogP contribution in [0.15, 0.2) is 48.5 Å². The summed E-state index contributed by atoms with van der Waals surface area (Å²) in [5, 5.41) is 2.98. The first-order valence-electron chi connectivity index (χ1n) is 9.22. The molecule has 138 valence electrons. The van der Waals surface area contributed by atoms with E-state index in [0.29, 0.717) is 12.4 Å². The summed E-state index contributed by atoms with van der Waals surface area (Å²) in [7, 11) is 0. The van der Waals surface area contributed by atoms with Gasteiger partial charge in [-0.15, -0.1) is 0 Å². The summed E-state index contributed by atoms with van der Waals surface area (Å²) >= 11 is 0. The summed E-state index contributed by atoms with van der Waals surface area (Å²) in [6.07, 6.45) is 0. The van der Waals surface area contributed by atoms with Crippen LogP contribution < -0.4 is 10.1 Å². The number of amides is 2. The van der Waals surface area contributed by atoms with Crippen molar-refractivity contribution in [1.29, 1.82) is 0 Å². The van der Waals surface area contributed by atoms with Gasteiger partial charge in [0.1, 0.15) is 5.75 Å². The lowest BCUT2D eigenvalue weighted by atomic mass is 10.1. The number of anilines is 1. The van der Waals surface area contributed by atoms with Gasteiger partial charge >= 0.3 is 6.03 Å². The number of aryl methyl sites for hydroxylation is 1. The molecule has 1 saturated heterocycles. The van der Waals surface area contributed by atoms with Crippen LogP contribution >= 0.6 is 0 Å². The van der Waals surface area contributed by atoms with Crippen molar-refractivity contribution in [3.63, 3.8) is 0 Å². The molecule has 0 saturated carbocycles. The molecule has 26 heavy (non-hydrogen) atoms. The second-order valence-electron chi connectivity index (χ2n) is 6.55. The fourth-order valence-corrected chi connectivity index (χ4v) is 3.18. The number of carbonyl (C=O) groups excluding carboxylic acids is 1. The van der Waals surface area contributed by atoms with E-state index in [-0.39, 0.29) is 6.03 Å². The van der Waals surface area contributed by atoms with Crippen molar-refractivity contribution in [1.82, 2.24) is 9.80 Å². The summed E-state index contributed by atoms with van der Waals surface area (Å²) in [4.78, 5) is 16.9. The largest absolute Gasteiger partial charge is 0.492 e. The minimum atomic E-state index is -0.0623. The summed E-state index contributed by atoms with van der Waals surface area (Å²) in [5.41, 5.74) is 3.40. The number of piperazine rings is 1. The molecule has 3 rings (SSSR count). The number of nitrogens with one attached hydrogen (secondary N) is 1. The number of ether oxygens (including phenoxy) is 1. The van der Waals surface area contributed by atoms with Gasteiger partial charge < -0.3 is 15.0 Å². The lowest BCUT2D eigenvalue weighted by Crippen LogP contribution is -2.49. The van der Waals surface area contributed by atoms with Crippen LogP contribution in [0.2, 0.25) is 0 Å². The molecule has 1 heterocycles. The SMILES string of the molecule is CCOc1ccccc1NC(=O)N1CCN(Cc2ccccc2C)CC1. The number of carbonyl (C=O) groups is 1. The molecule has 1 fully saturated rings. The van der Waals surface area contributed by atoms with Gasteiger partial charge in [-0.1, -0.05) is 36.4 Å². The molecule has 0 bridgehead atoms. The van der Waals surface area contributed by atoms with Crippen LogP contribution in [-0.4, -0.2) is 48.6 Å². The van der Waals surface area contributed by atoms with Crippen molar-refractivity contribution in [2.75, 3.05) is 38.1 Å². The smallest absolute Gasteiger partial charge is 0.322 e. The molecule has 2 aromatic rings. The van der Waals surface area contributed by atoms with Crippen LogP contribution in [0.1, 0.15) is 18.1 Å². The third-order valence-electron chi connectivity index (χ3n) is 4.74. The average molecular weight is 353 g/mol. The summed E-state index contributed by atoms with van der Waals surface area (Å²) in [6.45, 7) is 8.83. The van der Waals surface area contributed by atoms with Gasteiger partial charge in [-0.2, -0.15) is 0 Å². The molecule has 2 aromatic carbocycles. The zero-order chi connectivity index (χ0) is 18.4. The Morgan fingerprint density at radius 2 is 1.73 bits per heavy atom. The lowest BCUT2D eigenvalue weighted by molar-refractivity contribution is 0.142. The Balaban J connectivity index is 1.53. The molecule has 5 nitrogen and oxygen atoms in total. The minimum Gasteiger partial charge on any atom is -0.492 e. The first-order valence-corrected chi connectivity index (χ1v) is 9.22. The maximum atomic E-state index is 12.6. The zero-order valence-corrected chi connectivity index (χ0v) is 15.6. The monoisotopic (exact) mass is 353 g/mol. The molecule has 0 radical (unpaired) electrons. The highest BCUT2D eigenvalue weighted by Crippen LogP contribution is 2.24. The summed E-state index contributed by atoms with van der Waals surface area (Å²) < 4.78 is 5.58. The molecule has 1 aliphatic rings. The molecule has 0 spiro atoms. The molecule has 1 aliphatic heterocycles. The molecule has 2 amide bonds. The molecule has 0 unspecified atom stereocenters. The van der Waals surface area contributed by atoms with Crippen LogP contribution in [0, 0.1) is 6.92 Å². The Morgan fingerprint density at radius 1 is 1.04 bits per heavy atom. The Labute approximate surface area is 155 Å². The van der Waals surface area contributed by atoms with Crippen molar-refractivity contribution < 1.29 is 9.53 Å².